The quantitative estimate of drug-likeness (QED) is 0.648. The molecule has 0 aromatic heterocycles. The van der Waals surface area contributed by atoms with Crippen molar-refractivity contribution in [3.8, 4) is 0 Å². The van der Waals surface area contributed by atoms with Crippen LogP contribution in [0, 0.1) is 0 Å². The second-order valence-electron chi connectivity index (χ2n) is 2.85. The van der Waals surface area contributed by atoms with Gasteiger partial charge in [-0.3, -0.25) is 4.79 Å². The van der Waals surface area contributed by atoms with Crippen LogP contribution in [-0.4, -0.2) is 24.6 Å². The monoisotopic (exact) mass is 205 g/mol. The molecule has 0 aliphatic carbocycles. The van der Waals surface area contributed by atoms with E-state index in [1.807, 2.05) is 11.8 Å². The number of carbonyl (C=O) groups excluding carboxylic acids is 1. The zero-order valence-corrected chi connectivity index (χ0v) is 8.39. The molecule has 0 bridgehead atoms. The zero-order chi connectivity index (χ0) is 7.68. The van der Waals surface area contributed by atoms with Gasteiger partial charge in [0.05, 0.1) is 0 Å². The number of hydrogen-bond acceptors (Lipinski definition) is 3. The lowest BCUT2D eigenvalue weighted by molar-refractivity contribution is -0.115. The first-order chi connectivity index (χ1) is 5.38. The summed E-state index contributed by atoms with van der Waals surface area (Å²) in [5.74, 6) is 1.36. The fourth-order valence-corrected chi connectivity index (χ4v) is 2.64. The highest BCUT2D eigenvalue weighted by Gasteiger charge is 2.22. The fraction of sp³-hybridized carbons (Fsp3) is 0.625. The molecule has 12 heavy (non-hydrogen) atoms. The summed E-state index contributed by atoms with van der Waals surface area (Å²) in [6.45, 7) is 1.85. The molecular formula is C8H12ClNOS. The fourth-order valence-electron chi connectivity index (χ4n) is 1.50. The van der Waals surface area contributed by atoms with Crippen LogP contribution in [-0.2, 0) is 4.79 Å². The molecule has 0 saturated carbocycles. The van der Waals surface area contributed by atoms with Crippen LogP contribution in [0.4, 0.5) is 0 Å². The predicted octanol–water partition coefficient (Wildman–Crippen LogP) is 1.36. The Hall–Kier alpha value is 0.01000. The summed E-state index contributed by atoms with van der Waals surface area (Å²) in [7, 11) is 0. The van der Waals surface area contributed by atoms with Crippen LogP contribution >= 0.6 is 24.2 Å². The molecule has 2 aliphatic rings. The molecule has 2 rings (SSSR count). The van der Waals surface area contributed by atoms with E-state index in [1.165, 1.54) is 4.91 Å². The first-order valence-corrected chi connectivity index (χ1v) is 4.95. The molecule has 0 fully saturated rings. The van der Waals surface area contributed by atoms with Gasteiger partial charge in [-0.15, -0.1) is 24.2 Å². The van der Waals surface area contributed by atoms with Gasteiger partial charge < -0.3 is 5.32 Å². The van der Waals surface area contributed by atoms with Gasteiger partial charge in [0.25, 0.3) is 0 Å². The van der Waals surface area contributed by atoms with E-state index in [4.69, 9.17) is 0 Å². The highest BCUT2D eigenvalue weighted by molar-refractivity contribution is 8.03. The van der Waals surface area contributed by atoms with Crippen molar-refractivity contribution in [1.29, 1.82) is 0 Å². The minimum atomic E-state index is 0. The molecule has 4 heteroatoms. The van der Waals surface area contributed by atoms with Crippen molar-refractivity contribution in [3.63, 3.8) is 0 Å². The van der Waals surface area contributed by atoms with E-state index in [0.717, 1.165) is 37.3 Å². The molecule has 0 radical (unpaired) electrons. The summed E-state index contributed by atoms with van der Waals surface area (Å²) in [5.41, 5.74) is 1.06. The average Bonchev–Trinajstić information content (AvgIpc) is 2.06. The van der Waals surface area contributed by atoms with Gasteiger partial charge in [-0.2, -0.15) is 0 Å². The van der Waals surface area contributed by atoms with Crippen molar-refractivity contribution in [1.82, 2.24) is 5.32 Å². The molecule has 0 spiro atoms. The van der Waals surface area contributed by atoms with Crippen molar-refractivity contribution in [3.05, 3.63) is 10.5 Å². The number of hydrogen-bond donors (Lipinski definition) is 1. The van der Waals surface area contributed by atoms with Gasteiger partial charge in [-0.05, 0) is 11.3 Å². The Morgan fingerprint density at radius 3 is 2.92 bits per heavy atom. The third kappa shape index (κ3) is 1.84. The third-order valence-electron chi connectivity index (χ3n) is 2.11. The Morgan fingerprint density at radius 2 is 2.17 bits per heavy atom. The van der Waals surface area contributed by atoms with E-state index in [-0.39, 0.29) is 12.4 Å². The maximum absolute atomic E-state index is 11.3. The van der Waals surface area contributed by atoms with Gasteiger partial charge in [0.1, 0.15) is 0 Å². The molecule has 0 unspecified atom stereocenters. The maximum Gasteiger partial charge on any atom is 0.161 e. The van der Waals surface area contributed by atoms with Gasteiger partial charge in [-0.1, -0.05) is 0 Å². The van der Waals surface area contributed by atoms with E-state index >= 15 is 0 Å². The standard InChI is InChI=1S/C8H11NOS.ClH/c10-7-2-4-11-8-1-3-9-5-6(7)8;/h9H,1-5H2;1H. The van der Waals surface area contributed by atoms with Crippen LogP contribution in [0.3, 0.4) is 0 Å². The Morgan fingerprint density at radius 1 is 1.33 bits per heavy atom. The van der Waals surface area contributed by atoms with Gasteiger partial charge in [0, 0.05) is 30.8 Å². The van der Waals surface area contributed by atoms with Crippen molar-refractivity contribution in [2.24, 2.45) is 0 Å². The number of Topliss-reactive ketones (excluding diaryl/α,β-unsaturated/α-hetero) is 1. The highest BCUT2D eigenvalue weighted by atomic mass is 35.5. The van der Waals surface area contributed by atoms with Crippen LogP contribution in [0.15, 0.2) is 10.5 Å². The average molecular weight is 206 g/mol. The first kappa shape index (κ1) is 10.1. The SMILES string of the molecule is Cl.O=C1CCSC2=C1CNCC2. The lowest BCUT2D eigenvalue weighted by Crippen LogP contribution is -2.30. The second kappa shape index (κ2) is 4.30. The molecule has 0 atom stereocenters. The molecule has 0 aromatic carbocycles. The Kier molecular flexibility index (Phi) is 3.62. The van der Waals surface area contributed by atoms with Crippen molar-refractivity contribution < 1.29 is 4.79 Å². The van der Waals surface area contributed by atoms with Crippen LogP contribution < -0.4 is 5.32 Å². The molecule has 0 aromatic rings. The highest BCUT2D eigenvalue weighted by Crippen LogP contribution is 2.31. The van der Waals surface area contributed by atoms with Crippen molar-refractivity contribution in [2.75, 3.05) is 18.8 Å². The van der Waals surface area contributed by atoms with Gasteiger partial charge in [0.2, 0.25) is 0 Å². The summed E-state index contributed by atoms with van der Waals surface area (Å²) in [4.78, 5) is 12.7. The molecule has 0 saturated heterocycles. The van der Waals surface area contributed by atoms with Crippen molar-refractivity contribution in [2.45, 2.75) is 12.8 Å². The Bertz CT molecular complexity index is 223. The normalized spacial score (nSPS) is 23.2. The van der Waals surface area contributed by atoms with Crippen LogP contribution in [0.1, 0.15) is 12.8 Å². The van der Waals surface area contributed by atoms with Crippen molar-refractivity contribution >= 4 is 30.0 Å². The molecular weight excluding hydrogens is 194 g/mol. The first-order valence-electron chi connectivity index (χ1n) is 3.96. The summed E-state index contributed by atoms with van der Waals surface area (Å²) in [5, 5.41) is 3.22. The van der Waals surface area contributed by atoms with Gasteiger partial charge in [-0.25, -0.2) is 0 Å². The molecule has 1 N–H and O–H groups in total. The largest absolute Gasteiger partial charge is 0.312 e. The second-order valence-corrected chi connectivity index (χ2v) is 4.04. The lowest BCUT2D eigenvalue weighted by Gasteiger charge is -2.23. The number of nitrogens with one attached hydrogen (secondary N) is 1. The minimum absolute atomic E-state index is 0. The van der Waals surface area contributed by atoms with Crippen LogP contribution in [0.5, 0.6) is 0 Å². The number of thioether (sulfide) groups is 1. The van der Waals surface area contributed by atoms with Gasteiger partial charge in [0.15, 0.2) is 5.78 Å². The smallest absolute Gasteiger partial charge is 0.161 e. The Balaban J connectivity index is 0.000000720. The molecule has 68 valence electrons. The van der Waals surface area contributed by atoms with E-state index in [1.54, 1.807) is 0 Å². The molecule has 2 heterocycles. The maximum atomic E-state index is 11.3. The summed E-state index contributed by atoms with van der Waals surface area (Å²) in [6.07, 6.45) is 1.80. The van der Waals surface area contributed by atoms with E-state index in [9.17, 15) is 4.79 Å². The summed E-state index contributed by atoms with van der Waals surface area (Å²) >= 11 is 1.87. The summed E-state index contributed by atoms with van der Waals surface area (Å²) in [6, 6.07) is 0. The predicted molar refractivity (Wildman–Crippen MR) is 53.8 cm³/mol. The van der Waals surface area contributed by atoms with E-state index in [2.05, 4.69) is 5.32 Å². The number of carbonyl (C=O) groups is 1. The lowest BCUT2D eigenvalue weighted by atomic mass is 10.0. The topological polar surface area (TPSA) is 29.1 Å². The summed E-state index contributed by atoms with van der Waals surface area (Å²) < 4.78 is 0. The Labute approximate surface area is 82.6 Å². The third-order valence-corrected chi connectivity index (χ3v) is 3.32. The van der Waals surface area contributed by atoms with Gasteiger partial charge >= 0.3 is 0 Å². The van der Waals surface area contributed by atoms with E-state index < -0.39 is 0 Å². The van der Waals surface area contributed by atoms with E-state index in [0.29, 0.717) is 5.78 Å². The zero-order valence-electron chi connectivity index (χ0n) is 6.76. The van der Waals surface area contributed by atoms with Crippen LogP contribution in [0.25, 0.3) is 0 Å². The number of rotatable bonds is 0. The molecule has 0 amide bonds. The molecule has 2 aliphatic heterocycles. The minimum Gasteiger partial charge on any atom is -0.312 e. The number of halogens is 1. The molecule has 2 nitrogen and oxygen atoms in total. The van der Waals surface area contributed by atoms with Crippen LogP contribution in [0.2, 0.25) is 0 Å². The number of ketones is 1.